The summed E-state index contributed by atoms with van der Waals surface area (Å²) in [5.41, 5.74) is 1.84. The Morgan fingerprint density at radius 3 is 2.58 bits per heavy atom. The Morgan fingerprint density at radius 1 is 1.08 bits per heavy atom. The molecule has 0 radical (unpaired) electrons. The molecule has 38 heavy (non-hydrogen) atoms. The molecule has 1 N–H and O–H groups in total. The maximum absolute atomic E-state index is 13.2. The molecule has 0 aliphatic carbocycles. The van der Waals surface area contributed by atoms with Gasteiger partial charge in [-0.3, -0.25) is 14.5 Å². The first-order valence-electron chi connectivity index (χ1n) is 12.6. The van der Waals surface area contributed by atoms with Crippen molar-refractivity contribution in [3.63, 3.8) is 0 Å². The van der Waals surface area contributed by atoms with Crippen LogP contribution in [0.5, 0.6) is 0 Å². The lowest BCUT2D eigenvalue weighted by molar-refractivity contribution is 0.0225. The van der Waals surface area contributed by atoms with Crippen molar-refractivity contribution in [3.8, 4) is 0 Å². The Kier molecular flexibility index (Phi) is 7.48. The number of anilines is 1. The van der Waals surface area contributed by atoms with E-state index in [0.29, 0.717) is 55.1 Å². The molecule has 2 saturated heterocycles. The van der Waals surface area contributed by atoms with Crippen molar-refractivity contribution in [2.24, 2.45) is 0 Å². The number of carbonyl (C=O) groups is 2. The molecule has 2 amide bonds. The minimum absolute atomic E-state index is 0.0267. The molecule has 1 unspecified atom stereocenters. The van der Waals surface area contributed by atoms with E-state index in [1.165, 1.54) is 6.07 Å². The summed E-state index contributed by atoms with van der Waals surface area (Å²) < 4.78 is 39.8. The van der Waals surface area contributed by atoms with Crippen molar-refractivity contribution in [1.82, 2.24) is 14.8 Å². The number of carbonyl (C=O) groups excluding carboxylic acids is 2. The minimum Gasteiger partial charge on any atom is -0.447 e. The summed E-state index contributed by atoms with van der Waals surface area (Å²) in [5.74, 6) is -0.173. The second-order valence-electron chi connectivity index (χ2n) is 9.46. The molecule has 3 aromatic rings. The molecule has 2 aromatic carbocycles. The zero-order valence-corrected chi connectivity index (χ0v) is 21.9. The number of aryl methyl sites for hydroxylation is 1. The Labute approximate surface area is 221 Å². The van der Waals surface area contributed by atoms with Crippen LogP contribution < -0.4 is 4.72 Å². The molecule has 5 rings (SSSR count). The number of fused-ring (bicyclic) bond motifs is 1. The van der Waals surface area contributed by atoms with Crippen LogP contribution in [0.2, 0.25) is 0 Å². The van der Waals surface area contributed by atoms with Gasteiger partial charge in [0, 0.05) is 49.9 Å². The van der Waals surface area contributed by atoms with E-state index >= 15 is 0 Å². The van der Waals surface area contributed by atoms with E-state index in [0.717, 1.165) is 18.2 Å². The second-order valence-corrected chi connectivity index (χ2v) is 11.1. The Balaban J connectivity index is 1.20. The fourth-order valence-electron chi connectivity index (χ4n) is 4.71. The number of benzene rings is 2. The van der Waals surface area contributed by atoms with Gasteiger partial charge in [0.05, 0.1) is 17.3 Å². The Hall–Kier alpha value is -3.70. The van der Waals surface area contributed by atoms with Gasteiger partial charge in [-0.15, -0.1) is 0 Å². The fourth-order valence-corrected chi connectivity index (χ4v) is 6.02. The molecule has 0 spiro atoms. The number of sulfonamides is 1. The second kappa shape index (κ2) is 11.0. The van der Waals surface area contributed by atoms with E-state index in [1.807, 2.05) is 0 Å². The first kappa shape index (κ1) is 25.9. The number of para-hydroxylation sites is 1. The number of ether oxygens (including phenoxy) is 2. The minimum atomic E-state index is -3.91. The van der Waals surface area contributed by atoms with Crippen molar-refractivity contribution < 1.29 is 27.5 Å². The van der Waals surface area contributed by atoms with Crippen LogP contribution in [0, 0.1) is 6.92 Å². The van der Waals surface area contributed by atoms with Crippen molar-refractivity contribution >= 4 is 38.6 Å². The van der Waals surface area contributed by atoms with Gasteiger partial charge in [0.15, 0.2) is 0 Å². The lowest BCUT2D eigenvalue weighted by atomic mass is 10.1. The van der Waals surface area contributed by atoms with Crippen molar-refractivity contribution in [2.75, 3.05) is 44.1 Å². The predicted octanol–water partition coefficient (Wildman–Crippen LogP) is 3.42. The summed E-state index contributed by atoms with van der Waals surface area (Å²) in [4.78, 5) is 33.1. The summed E-state index contributed by atoms with van der Waals surface area (Å²) in [6.45, 7) is 4.24. The van der Waals surface area contributed by atoms with Crippen molar-refractivity contribution in [2.45, 2.75) is 30.8 Å². The molecule has 2 fully saturated rings. The van der Waals surface area contributed by atoms with Gasteiger partial charge in [0.1, 0.15) is 11.5 Å². The summed E-state index contributed by atoms with van der Waals surface area (Å²) in [6.07, 6.45) is 3.02. The standard InChI is InChI=1S/C27H30N4O6S/c1-19-17-21(26(32)30-12-14-31(15-13-30)27(33)37-18-22-7-4-16-36-22)9-10-23(19)29-38(34,35)24-8-2-5-20-6-3-11-28-25(20)24/h2-3,5-6,8-11,17,22,29H,4,7,12-16,18H2,1H3. The molecule has 0 bridgehead atoms. The van der Waals surface area contributed by atoms with Crippen molar-refractivity contribution in [3.05, 3.63) is 65.9 Å². The summed E-state index contributed by atoms with van der Waals surface area (Å²) in [6, 6.07) is 13.4. The number of rotatable bonds is 6. The highest BCUT2D eigenvalue weighted by atomic mass is 32.2. The van der Waals surface area contributed by atoms with E-state index < -0.39 is 10.0 Å². The van der Waals surface area contributed by atoms with Crippen LogP contribution in [0.15, 0.2) is 59.6 Å². The maximum Gasteiger partial charge on any atom is 0.409 e. The predicted molar refractivity (Wildman–Crippen MR) is 142 cm³/mol. The zero-order valence-electron chi connectivity index (χ0n) is 21.1. The van der Waals surface area contributed by atoms with E-state index in [9.17, 15) is 18.0 Å². The molecule has 2 aliphatic rings. The molecule has 200 valence electrons. The number of hydrogen-bond acceptors (Lipinski definition) is 7. The molecule has 3 heterocycles. The summed E-state index contributed by atoms with van der Waals surface area (Å²) >= 11 is 0. The Morgan fingerprint density at radius 2 is 1.84 bits per heavy atom. The lowest BCUT2D eigenvalue weighted by Crippen LogP contribution is -2.51. The van der Waals surface area contributed by atoms with Gasteiger partial charge >= 0.3 is 6.09 Å². The van der Waals surface area contributed by atoms with E-state index in [-0.39, 0.29) is 29.6 Å². The molecular formula is C27H30N4O6S. The SMILES string of the molecule is Cc1cc(C(=O)N2CCN(C(=O)OCC3CCCO3)CC2)ccc1NS(=O)(=O)c1cccc2cccnc12. The molecule has 0 saturated carbocycles. The topological polar surface area (TPSA) is 118 Å². The smallest absolute Gasteiger partial charge is 0.409 e. The van der Waals surface area contributed by atoms with E-state index in [4.69, 9.17) is 9.47 Å². The van der Waals surface area contributed by atoms with Crippen LogP contribution >= 0.6 is 0 Å². The molecule has 1 atom stereocenters. The normalized spacial score (nSPS) is 18.0. The molecule has 11 heteroatoms. The quantitative estimate of drug-likeness (QED) is 0.511. The van der Waals surface area contributed by atoms with E-state index in [2.05, 4.69) is 9.71 Å². The lowest BCUT2D eigenvalue weighted by Gasteiger charge is -2.34. The third-order valence-electron chi connectivity index (χ3n) is 6.84. The number of piperazine rings is 1. The van der Waals surface area contributed by atoms with Crippen LogP contribution in [0.1, 0.15) is 28.8 Å². The highest BCUT2D eigenvalue weighted by Gasteiger charge is 2.27. The largest absolute Gasteiger partial charge is 0.447 e. The van der Waals surface area contributed by atoms with Crippen LogP contribution in [0.4, 0.5) is 10.5 Å². The number of aromatic nitrogens is 1. The van der Waals surface area contributed by atoms with Gasteiger partial charge in [0.2, 0.25) is 0 Å². The number of amides is 2. The first-order chi connectivity index (χ1) is 18.3. The zero-order chi connectivity index (χ0) is 26.7. The van der Waals surface area contributed by atoms with Crippen molar-refractivity contribution in [1.29, 1.82) is 0 Å². The average molecular weight is 539 g/mol. The number of nitrogens with one attached hydrogen (secondary N) is 1. The average Bonchev–Trinajstić information content (AvgIpc) is 3.46. The molecule has 2 aliphatic heterocycles. The first-order valence-corrected chi connectivity index (χ1v) is 14.1. The highest BCUT2D eigenvalue weighted by molar-refractivity contribution is 7.93. The highest BCUT2D eigenvalue weighted by Crippen LogP contribution is 2.26. The summed E-state index contributed by atoms with van der Waals surface area (Å²) in [7, 11) is -3.91. The van der Waals surface area contributed by atoms with Gasteiger partial charge in [-0.2, -0.15) is 0 Å². The van der Waals surface area contributed by atoms with Crippen LogP contribution in [0.3, 0.4) is 0 Å². The van der Waals surface area contributed by atoms with Crippen LogP contribution in [-0.4, -0.2) is 80.7 Å². The van der Waals surface area contributed by atoms with Gasteiger partial charge < -0.3 is 19.3 Å². The molecule has 1 aromatic heterocycles. The van der Waals surface area contributed by atoms with E-state index in [1.54, 1.807) is 65.4 Å². The third-order valence-corrected chi connectivity index (χ3v) is 8.24. The van der Waals surface area contributed by atoms with Crippen LogP contribution in [-0.2, 0) is 19.5 Å². The Bertz CT molecular complexity index is 1440. The summed E-state index contributed by atoms with van der Waals surface area (Å²) in [5, 5.41) is 0.726. The number of nitrogens with zero attached hydrogens (tertiary/aromatic N) is 3. The number of hydrogen-bond donors (Lipinski definition) is 1. The van der Waals surface area contributed by atoms with Gasteiger partial charge in [-0.25, -0.2) is 13.2 Å². The van der Waals surface area contributed by atoms with Crippen LogP contribution in [0.25, 0.3) is 10.9 Å². The molecule has 10 nitrogen and oxygen atoms in total. The number of pyridine rings is 1. The molecular weight excluding hydrogens is 508 g/mol. The van der Waals surface area contributed by atoms with Gasteiger partial charge in [-0.1, -0.05) is 18.2 Å². The van der Waals surface area contributed by atoms with Gasteiger partial charge in [0.25, 0.3) is 15.9 Å². The fraction of sp³-hybridized carbons (Fsp3) is 0.370. The maximum atomic E-state index is 13.2. The van der Waals surface area contributed by atoms with Gasteiger partial charge in [-0.05, 0) is 55.7 Å². The third kappa shape index (κ3) is 5.58. The monoisotopic (exact) mass is 538 g/mol.